The number of rotatable bonds is 3. The third kappa shape index (κ3) is 3.32. The van der Waals surface area contributed by atoms with Crippen LogP contribution in [0, 0.1) is 21.7 Å². The van der Waals surface area contributed by atoms with Crippen LogP contribution in [0.2, 0.25) is 0 Å². The number of non-ortho nitro benzene ring substituents is 1. The van der Waals surface area contributed by atoms with E-state index >= 15 is 0 Å². The van der Waals surface area contributed by atoms with E-state index in [0.717, 1.165) is 12.1 Å². The van der Waals surface area contributed by atoms with Crippen LogP contribution < -0.4 is 5.32 Å². The number of halogens is 3. The Labute approximate surface area is 134 Å². The molecule has 1 heterocycles. The Kier molecular flexibility index (Phi) is 4.65. The molecule has 6 nitrogen and oxygen atoms in total. The van der Waals surface area contributed by atoms with Gasteiger partial charge in [0.25, 0.3) is 5.69 Å². The summed E-state index contributed by atoms with van der Waals surface area (Å²) in [6, 6.07) is 7.42. The van der Waals surface area contributed by atoms with Gasteiger partial charge in [-0.25, -0.2) is 18.7 Å². The lowest BCUT2D eigenvalue weighted by molar-refractivity contribution is -0.384. The van der Waals surface area contributed by atoms with Gasteiger partial charge in [0.05, 0.1) is 10.4 Å². The second kappa shape index (κ2) is 6.49. The lowest BCUT2D eigenvalue weighted by Gasteiger charge is -2.08. The van der Waals surface area contributed by atoms with Gasteiger partial charge in [0.2, 0.25) is 0 Å². The molecule has 118 valence electrons. The minimum atomic E-state index is -1.01. The molecule has 0 aliphatic heterocycles. The number of fused-ring (bicyclic) bond motifs is 1. The van der Waals surface area contributed by atoms with E-state index in [9.17, 15) is 18.9 Å². The monoisotopic (exact) mass is 338 g/mol. The van der Waals surface area contributed by atoms with E-state index in [0.29, 0.717) is 10.9 Å². The molecule has 0 amide bonds. The largest absolute Gasteiger partial charge is 0.340 e. The molecule has 0 unspecified atom stereocenters. The second-order valence-corrected chi connectivity index (χ2v) is 4.43. The van der Waals surface area contributed by atoms with Gasteiger partial charge in [-0.2, -0.15) is 0 Å². The lowest BCUT2D eigenvalue weighted by Crippen LogP contribution is -1.98. The van der Waals surface area contributed by atoms with Crippen molar-refractivity contribution in [3.05, 3.63) is 64.5 Å². The summed E-state index contributed by atoms with van der Waals surface area (Å²) in [5.74, 6) is -1.71. The number of nitro groups is 1. The summed E-state index contributed by atoms with van der Waals surface area (Å²) < 4.78 is 26.2. The maximum Gasteiger partial charge on any atom is 0.270 e. The Morgan fingerprint density at radius 3 is 2.52 bits per heavy atom. The van der Waals surface area contributed by atoms with Crippen molar-refractivity contribution < 1.29 is 13.7 Å². The molecule has 1 aromatic heterocycles. The van der Waals surface area contributed by atoms with Crippen molar-refractivity contribution in [3.8, 4) is 0 Å². The van der Waals surface area contributed by atoms with Crippen molar-refractivity contribution in [1.29, 1.82) is 0 Å². The number of hydrogen-bond donors (Lipinski definition) is 1. The van der Waals surface area contributed by atoms with E-state index in [4.69, 9.17) is 0 Å². The fraction of sp³-hybridized carbons (Fsp3) is 0. The maximum absolute atomic E-state index is 13.2. The fourth-order valence-corrected chi connectivity index (χ4v) is 1.97. The lowest BCUT2D eigenvalue weighted by atomic mass is 10.2. The third-order valence-corrected chi connectivity index (χ3v) is 3.01. The number of nitrogens with zero attached hydrogens (tertiary/aromatic N) is 3. The van der Waals surface area contributed by atoms with Crippen molar-refractivity contribution in [3.63, 3.8) is 0 Å². The van der Waals surface area contributed by atoms with Gasteiger partial charge in [0, 0.05) is 29.3 Å². The minimum absolute atomic E-state index is 0. The van der Waals surface area contributed by atoms with Gasteiger partial charge < -0.3 is 5.32 Å². The SMILES string of the molecule is Cl.O=[N+]([O-])c1ccc2ncnc(Nc3ccc(F)c(F)c3)c2c1. The minimum Gasteiger partial charge on any atom is -0.340 e. The van der Waals surface area contributed by atoms with Crippen LogP contribution in [0.3, 0.4) is 0 Å². The molecule has 0 bridgehead atoms. The Morgan fingerprint density at radius 1 is 1.04 bits per heavy atom. The molecule has 3 aromatic rings. The number of nitro benzene ring substituents is 1. The standard InChI is InChI=1S/C14H8F2N4O2.ClH/c15-11-3-1-8(5-12(11)16)19-14-10-6-9(20(21)22)2-4-13(10)17-7-18-14;/h1-7H,(H,17,18,19);1H. The average molecular weight is 339 g/mol. The summed E-state index contributed by atoms with van der Waals surface area (Å²) in [6.45, 7) is 0. The first kappa shape index (κ1) is 16.5. The van der Waals surface area contributed by atoms with Crippen molar-refractivity contribution in [2.45, 2.75) is 0 Å². The highest BCUT2D eigenvalue weighted by Crippen LogP contribution is 2.27. The van der Waals surface area contributed by atoms with Crippen LogP contribution in [-0.4, -0.2) is 14.9 Å². The number of nitrogens with one attached hydrogen (secondary N) is 1. The van der Waals surface area contributed by atoms with Crippen LogP contribution in [-0.2, 0) is 0 Å². The van der Waals surface area contributed by atoms with Crippen LogP contribution in [0.15, 0.2) is 42.7 Å². The van der Waals surface area contributed by atoms with Gasteiger partial charge in [-0.15, -0.1) is 12.4 Å². The van der Waals surface area contributed by atoms with Crippen molar-refractivity contribution >= 4 is 40.5 Å². The highest BCUT2D eigenvalue weighted by Gasteiger charge is 2.11. The summed E-state index contributed by atoms with van der Waals surface area (Å²) in [7, 11) is 0. The molecule has 0 spiro atoms. The Hall–Kier alpha value is -2.87. The Morgan fingerprint density at radius 2 is 1.83 bits per heavy atom. The summed E-state index contributed by atoms with van der Waals surface area (Å²) in [6.07, 6.45) is 1.27. The van der Waals surface area contributed by atoms with Crippen LogP contribution in [0.5, 0.6) is 0 Å². The molecule has 0 fully saturated rings. The molecule has 0 saturated heterocycles. The molecular formula is C14H9ClF2N4O2. The van der Waals surface area contributed by atoms with Crippen molar-refractivity contribution in [2.75, 3.05) is 5.32 Å². The van der Waals surface area contributed by atoms with Crippen LogP contribution >= 0.6 is 12.4 Å². The van der Waals surface area contributed by atoms with E-state index in [-0.39, 0.29) is 29.6 Å². The first-order valence-electron chi connectivity index (χ1n) is 6.16. The van der Waals surface area contributed by atoms with Crippen LogP contribution in [0.1, 0.15) is 0 Å². The summed E-state index contributed by atoms with van der Waals surface area (Å²) in [5.41, 5.74) is 0.645. The zero-order chi connectivity index (χ0) is 15.7. The third-order valence-electron chi connectivity index (χ3n) is 3.01. The molecule has 1 N–H and O–H groups in total. The Bertz CT molecular complexity index is 892. The van der Waals surface area contributed by atoms with Crippen LogP contribution in [0.25, 0.3) is 10.9 Å². The molecule has 0 atom stereocenters. The van der Waals surface area contributed by atoms with Crippen molar-refractivity contribution in [1.82, 2.24) is 9.97 Å². The predicted molar refractivity (Wildman–Crippen MR) is 83.1 cm³/mol. The molecule has 0 aliphatic carbocycles. The zero-order valence-electron chi connectivity index (χ0n) is 11.4. The van der Waals surface area contributed by atoms with E-state index in [1.54, 1.807) is 0 Å². The predicted octanol–water partition coefficient (Wildman–Crippen LogP) is 3.98. The highest BCUT2D eigenvalue weighted by molar-refractivity contribution is 5.92. The average Bonchev–Trinajstić information content (AvgIpc) is 2.51. The first-order valence-corrected chi connectivity index (χ1v) is 6.16. The number of benzene rings is 2. The Balaban J connectivity index is 0.00000192. The molecule has 0 aliphatic rings. The summed E-state index contributed by atoms with van der Waals surface area (Å²) >= 11 is 0. The number of hydrogen-bond acceptors (Lipinski definition) is 5. The quantitative estimate of drug-likeness (QED) is 0.577. The van der Waals surface area contributed by atoms with E-state index in [1.165, 1.54) is 30.6 Å². The summed E-state index contributed by atoms with van der Waals surface area (Å²) in [4.78, 5) is 18.3. The molecular weight excluding hydrogens is 330 g/mol. The summed E-state index contributed by atoms with van der Waals surface area (Å²) in [5, 5.41) is 14.1. The zero-order valence-corrected chi connectivity index (χ0v) is 12.2. The van der Waals surface area contributed by atoms with E-state index in [2.05, 4.69) is 15.3 Å². The normalized spacial score (nSPS) is 10.2. The smallest absolute Gasteiger partial charge is 0.270 e. The van der Waals surface area contributed by atoms with Gasteiger partial charge in [-0.1, -0.05) is 0 Å². The van der Waals surface area contributed by atoms with Gasteiger partial charge in [0.15, 0.2) is 11.6 Å². The molecule has 0 saturated carbocycles. The second-order valence-electron chi connectivity index (χ2n) is 4.43. The van der Waals surface area contributed by atoms with Gasteiger partial charge in [0.1, 0.15) is 12.1 Å². The van der Waals surface area contributed by atoms with Gasteiger partial charge in [-0.05, 0) is 18.2 Å². The molecule has 3 rings (SSSR count). The molecule has 23 heavy (non-hydrogen) atoms. The molecule has 0 radical (unpaired) electrons. The maximum atomic E-state index is 13.2. The fourth-order valence-electron chi connectivity index (χ4n) is 1.97. The van der Waals surface area contributed by atoms with Gasteiger partial charge in [-0.3, -0.25) is 10.1 Å². The number of anilines is 2. The molecule has 9 heteroatoms. The van der Waals surface area contributed by atoms with E-state index in [1.807, 2.05) is 0 Å². The number of aromatic nitrogens is 2. The van der Waals surface area contributed by atoms with Crippen LogP contribution in [0.4, 0.5) is 26.0 Å². The van der Waals surface area contributed by atoms with Gasteiger partial charge >= 0.3 is 0 Å². The van der Waals surface area contributed by atoms with E-state index < -0.39 is 16.6 Å². The molecule has 2 aromatic carbocycles. The first-order chi connectivity index (χ1) is 10.5. The van der Waals surface area contributed by atoms with Crippen molar-refractivity contribution in [2.24, 2.45) is 0 Å². The highest BCUT2D eigenvalue weighted by atomic mass is 35.5. The topological polar surface area (TPSA) is 81.0 Å².